The summed E-state index contributed by atoms with van der Waals surface area (Å²) in [6.45, 7) is 6.15. The molecule has 0 aliphatic heterocycles. The van der Waals surface area contributed by atoms with Crippen molar-refractivity contribution in [1.82, 2.24) is 29.9 Å². The molecule has 0 fully saturated rings. The molecular formula is C18H19N7S. The summed E-state index contributed by atoms with van der Waals surface area (Å²) in [4.78, 5) is 9.19. The number of para-hydroxylation sites is 1. The van der Waals surface area contributed by atoms with Gasteiger partial charge in [0.1, 0.15) is 5.82 Å². The van der Waals surface area contributed by atoms with E-state index in [1.165, 1.54) is 0 Å². The Hall–Kier alpha value is -2.87. The summed E-state index contributed by atoms with van der Waals surface area (Å²) >= 11 is 1.59. The molecule has 3 aromatic heterocycles. The van der Waals surface area contributed by atoms with Gasteiger partial charge in [0.2, 0.25) is 11.1 Å². The maximum Gasteiger partial charge on any atom is 0.225 e. The second kappa shape index (κ2) is 6.80. The molecule has 0 atom stereocenters. The fraction of sp³-hybridized carbons (Fsp3) is 0.222. The Labute approximate surface area is 155 Å². The van der Waals surface area contributed by atoms with Crippen LogP contribution in [0.2, 0.25) is 0 Å². The van der Waals surface area contributed by atoms with Crippen LogP contribution < -0.4 is 5.32 Å². The summed E-state index contributed by atoms with van der Waals surface area (Å²) in [6, 6.07) is 12.0. The lowest BCUT2D eigenvalue weighted by Crippen LogP contribution is -2.01. The molecule has 0 saturated carbocycles. The second-order valence-corrected chi connectivity index (χ2v) is 7.11. The Bertz CT molecular complexity index is 1050. The van der Waals surface area contributed by atoms with E-state index in [9.17, 15) is 0 Å². The van der Waals surface area contributed by atoms with Crippen molar-refractivity contribution in [3.63, 3.8) is 0 Å². The SMILES string of the molecule is CCSc1n[nH]c(Nc2cc(C)c3c(C)nn(-c4ccccc4)c3n2)n1. The van der Waals surface area contributed by atoms with Gasteiger partial charge in [0.05, 0.1) is 11.4 Å². The zero-order valence-electron chi connectivity index (χ0n) is 14.8. The number of nitrogens with zero attached hydrogens (tertiary/aromatic N) is 5. The van der Waals surface area contributed by atoms with Gasteiger partial charge >= 0.3 is 0 Å². The molecule has 3 heterocycles. The Morgan fingerprint density at radius 1 is 1.15 bits per heavy atom. The van der Waals surface area contributed by atoms with Crippen molar-refractivity contribution in [2.75, 3.05) is 11.1 Å². The van der Waals surface area contributed by atoms with Crippen LogP contribution >= 0.6 is 11.8 Å². The molecule has 0 saturated heterocycles. The van der Waals surface area contributed by atoms with Crippen molar-refractivity contribution in [1.29, 1.82) is 0 Å². The number of fused-ring (bicyclic) bond motifs is 1. The van der Waals surface area contributed by atoms with Crippen LogP contribution in [0.4, 0.5) is 11.8 Å². The number of anilines is 2. The first kappa shape index (κ1) is 16.6. The third kappa shape index (κ3) is 3.03. The second-order valence-electron chi connectivity index (χ2n) is 5.88. The molecule has 0 bridgehead atoms. The predicted molar refractivity (Wildman–Crippen MR) is 104 cm³/mol. The minimum Gasteiger partial charge on any atom is -0.309 e. The van der Waals surface area contributed by atoms with E-state index in [0.29, 0.717) is 11.8 Å². The fourth-order valence-electron chi connectivity index (χ4n) is 2.93. The molecule has 0 amide bonds. The van der Waals surface area contributed by atoms with Gasteiger partial charge in [-0.2, -0.15) is 10.1 Å². The fourth-order valence-corrected chi connectivity index (χ4v) is 3.46. The van der Waals surface area contributed by atoms with Crippen molar-refractivity contribution < 1.29 is 0 Å². The van der Waals surface area contributed by atoms with Gasteiger partial charge in [-0.05, 0) is 43.4 Å². The van der Waals surface area contributed by atoms with Crippen LogP contribution in [0, 0.1) is 13.8 Å². The highest BCUT2D eigenvalue weighted by Gasteiger charge is 2.15. The molecule has 0 spiro atoms. The van der Waals surface area contributed by atoms with Crippen LogP contribution in [0.25, 0.3) is 16.7 Å². The molecule has 4 rings (SSSR count). The molecule has 0 radical (unpaired) electrons. The lowest BCUT2D eigenvalue weighted by molar-refractivity contribution is 0.878. The molecule has 2 N–H and O–H groups in total. The first-order valence-electron chi connectivity index (χ1n) is 8.40. The van der Waals surface area contributed by atoms with Crippen LogP contribution in [0.15, 0.2) is 41.6 Å². The summed E-state index contributed by atoms with van der Waals surface area (Å²) in [5.74, 6) is 2.21. The van der Waals surface area contributed by atoms with Crippen molar-refractivity contribution in [3.8, 4) is 5.69 Å². The smallest absolute Gasteiger partial charge is 0.225 e. The number of H-pyrrole nitrogens is 1. The standard InChI is InChI=1S/C18H19N7S/c1-4-26-18-21-17(22-23-18)20-14-10-11(2)15-12(3)24-25(16(15)19-14)13-8-6-5-7-9-13/h5-10H,4H2,1-3H3,(H2,19,20,21,22,23). The number of aromatic nitrogens is 6. The molecule has 26 heavy (non-hydrogen) atoms. The van der Waals surface area contributed by atoms with E-state index in [1.54, 1.807) is 11.8 Å². The molecular weight excluding hydrogens is 346 g/mol. The zero-order valence-corrected chi connectivity index (χ0v) is 15.6. The number of hydrogen-bond donors (Lipinski definition) is 2. The Balaban J connectivity index is 1.77. The van der Waals surface area contributed by atoms with Crippen molar-refractivity contribution >= 4 is 34.6 Å². The average molecular weight is 365 g/mol. The normalized spacial score (nSPS) is 11.2. The van der Waals surface area contributed by atoms with Gasteiger partial charge in [-0.25, -0.2) is 14.8 Å². The average Bonchev–Trinajstić information content (AvgIpc) is 3.20. The number of thioether (sulfide) groups is 1. The van der Waals surface area contributed by atoms with Gasteiger partial charge in [-0.15, -0.1) is 5.10 Å². The van der Waals surface area contributed by atoms with Gasteiger partial charge in [-0.3, -0.25) is 0 Å². The van der Waals surface area contributed by atoms with Crippen LogP contribution in [-0.2, 0) is 0 Å². The summed E-state index contributed by atoms with van der Waals surface area (Å²) in [5.41, 5.74) is 3.87. The summed E-state index contributed by atoms with van der Waals surface area (Å²) in [5, 5.41) is 16.8. The lowest BCUT2D eigenvalue weighted by atomic mass is 10.1. The molecule has 0 unspecified atom stereocenters. The monoisotopic (exact) mass is 365 g/mol. The van der Waals surface area contributed by atoms with Crippen LogP contribution in [0.5, 0.6) is 0 Å². The highest BCUT2D eigenvalue weighted by molar-refractivity contribution is 7.99. The van der Waals surface area contributed by atoms with Gasteiger partial charge in [0.25, 0.3) is 0 Å². The highest BCUT2D eigenvalue weighted by atomic mass is 32.2. The van der Waals surface area contributed by atoms with Crippen LogP contribution in [0.1, 0.15) is 18.2 Å². The molecule has 0 aliphatic rings. The summed E-state index contributed by atoms with van der Waals surface area (Å²) in [7, 11) is 0. The van der Waals surface area contributed by atoms with Crippen molar-refractivity contribution in [3.05, 3.63) is 47.7 Å². The lowest BCUT2D eigenvalue weighted by Gasteiger charge is -2.07. The molecule has 7 nitrogen and oxygen atoms in total. The zero-order chi connectivity index (χ0) is 18.1. The number of rotatable bonds is 5. The molecule has 8 heteroatoms. The molecule has 0 aliphatic carbocycles. The Kier molecular flexibility index (Phi) is 4.34. The molecule has 4 aromatic rings. The Morgan fingerprint density at radius 3 is 2.73 bits per heavy atom. The van der Waals surface area contributed by atoms with Crippen LogP contribution in [0.3, 0.4) is 0 Å². The number of aromatic amines is 1. The summed E-state index contributed by atoms with van der Waals surface area (Å²) < 4.78 is 1.88. The number of aryl methyl sites for hydroxylation is 2. The van der Waals surface area contributed by atoms with Gasteiger partial charge < -0.3 is 5.32 Å². The third-order valence-corrected chi connectivity index (χ3v) is 4.72. The molecule has 132 valence electrons. The number of nitrogens with one attached hydrogen (secondary N) is 2. The minimum atomic E-state index is 0.578. The topological polar surface area (TPSA) is 84.3 Å². The van der Waals surface area contributed by atoms with Crippen molar-refractivity contribution in [2.24, 2.45) is 0 Å². The van der Waals surface area contributed by atoms with Crippen LogP contribution in [-0.4, -0.2) is 35.7 Å². The quantitative estimate of drug-likeness (QED) is 0.520. The van der Waals surface area contributed by atoms with E-state index in [-0.39, 0.29) is 0 Å². The highest BCUT2D eigenvalue weighted by Crippen LogP contribution is 2.26. The van der Waals surface area contributed by atoms with E-state index in [0.717, 1.165) is 38.9 Å². The van der Waals surface area contributed by atoms with E-state index in [2.05, 4.69) is 39.4 Å². The minimum absolute atomic E-state index is 0.578. The first-order valence-corrected chi connectivity index (χ1v) is 9.39. The number of benzene rings is 1. The Morgan fingerprint density at radius 2 is 1.96 bits per heavy atom. The maximum atomic E-state index is 4.78. The van der Waals surface area contributed by atoms with E-state index >= 15 is 0 Å². The van der Waals surface area contributed by atoms with E-state index in [1.807, 2.05) is 48.0 Å². The van der Waals surface area contributed by atoms with Crippen molar-refractivity contribution in [2.45, 2.75) is 25.9 Å². The number of pyridine rings is 1. The third-order valence-electron chi connectivity index (χ3n) is 4.00. The number of hydrogen-bond acceptors (Lipinski definition) is 6. The van der Waals surface area contributed by atoms with Gasteiger partial charge in [-0.1, -0.05) is 36.9 Å². The van der Waals surface area contributed by atoms with Gasteiger partial charge in [0, 0.05) is 5.39 Å². The van der Waals surface area contributed by atoms with E-state index < -0.39 is 0 Å². The van der Waals surface area contributed by atoms with E-state index in [4.69, 9.17) is 4.98 Å². The van der Waals surface area contributed by atoms with Gasteiger partial charge in [0.15, 0.2) is 5.65 Å². The largest absolute Gasteiger partial charge is 0.309 e. The predicted octanol–water partition coefficient (Wildman–Crippen LogP) is 4.01. The maximum absolute atomic E-state index is 4.78. The molecule has 1 aromatic carbocycles. The summed E-state index contributed by atoms with van der Waals surface area (Å²) in [6.07, 6.45) is 0. The first-order chi connectivity index (χ1) is 12.7.